The van der Waals surface area contributed by atoms with Gasteiger partial charge in [0.2, 0.25) is 0 Å². The highest BCUT2D eigenvalue weighted by Crippen LogP contribution is 2.27. The van der Waals surface area contributed by atoms with Gasteiger partial charge in [0, 0.05) is 6.61 Å². The summed E-state index contributed by atoms with van der Waals surface area (Å²) in [7, 11) is -4.17. The van der Waals surface area contributed by atoms with Crippen LogP contribution in [0, 0.1) is 11.6 Å². The molecule has 1 saturated heterocycles. The molecule has 0 bridgehead atoms. The summed E-state index contributed by atoms with van der Waals surface area (Å²) in [6.07, 6.45) is 0.757. The molecular formula is C12H12F2O5S. The van der Waals surface area contributed by atoms with Crippen molar-refractivity contribution in [3.05, 3.63) is 29.3 Å². The fourth-order valence-corrected chi connectivity index (χ4v) is 3.78. The highest BCUT2D eigenvalue weighted by molar-refractivity contribution is 7.92. The predicted molar refractivity (Wildman–Crippen MR) is 64.3 cm³/mol. The number of carbonyl (C=O) groups is 1. The lowest BCUT2D eigenvalue weighted by Crippen LogP contribution is -2.31. The number of halogens is 2. The van der Waals surface area contributed by atoms with Gasteiger partial charge in [0.25, 0.3) is 0 Å². The molecule has 0 radical (unpaired) electrons. The van der Waals surface area contributed by atoms with E-state index in [1.54, 1.807) is 0 Å². The van der Waals surface area contributed by atoms with Crippen molar-refractivity contribution in [3.8, 4) is 0 Å². The minimum atomic E-state index is -4.17. The van der Waals surface area contributed by atoms with Gasteiger partial charge in [-0.3, -0.25) is 0 Å². The van der Waals surface area contributed by atoms with Gasteiger partial charge in [-0.15, -0.1) is 0 Å². The number of carboxylic acid groups (broad SMARTS) is 1. The molecule has 0 aliphatic carbocycles. The SMILES string of the molecule is O=C(O)c1cc(F)c(F)c(S(=O)(=O)C2CCCOC2)c1. The average molecular weight is 306 g/mol. The Balaban J connectivity index is 2.52. The van der Waals surface area contributed by atoms with Crippen LogP contribution in [-0.4, -0.2) is 38.0 Å². The highest BCUT2D eigenvalue weighted by Gasteiger charge is 2.33. The van der Waals surface area contributed by atoms with Crippen LogP contribution in [0.4, 0.5) is 8.78 Å². The lowest BCUT2D eigenvalue weighted by molar-refractivity contribution is 0.0696. The number of sulfone groups is 1. The summed E-state index contributed by atoms with van der Waals surface area (Å²) in [6, 6.07) is 1.10. The van der Waals surface area contributed by atoms with Crippen LogP contribution >= 0.6 is 0 Å². The lowest BCUT2D eigenvalue weighted by Gasteiger charge is -2.22. The molecule has 1 aliphatic rings. The summed E-state index contributed by atoms with van der Waals surface area (Å²) >= 11 is 0. The van der Waals surface area contributed by atoms with Crippen molar-refractivity contribution >= 4 is 15.8 Å². The topological polar surface area (TPSA) is 80.7 Å². The molecule has 0 aromatic heterocycles. The summed E-state index contributed by atoms with van der Waals surface area (Å²) in [5.41, 5.74) is -0.612. The fraction of sp³-hybridized carbons (Fsp3) is 0.417. The second-order valence-electron chi connectivity index (χ2n) is 4.46. The minimum Gasteiger partial charge on any atom is -0.478 e. The first-order valence-corrected chi connectivity index (χ1v) is 7.42. The van der Waals surface area contributed by atoms with E-state index in [4.69, 9.17) is 9.84 Å². The summed E-state index contributed by atoms with van der Waals surface area (Å²) in [5.74, 6) is -4.58. The van der Waals surface area contributed by atoms with Crippen LogP contribution in [0.1, 0.15) is 23.2 Å². The Morgan fingerprint density at radius 3 is 2.60 bits per heavy atom. The third kappa shape index (κ3) is 2.66. The quantitative estimate of drug-likeness (QED) is 0.917. The average Bonchev–Trinajstić information content (AvgIpc) is 2.42. The molecule has 5 nitrogen and oxygen atoms in total. The van der Waals surface area contributed by atoms with Crippen molar-refractivity contribution in [1.82, 2.24) is 0 Å². The smallest absolute Gasteiger partial charge is 0.335 e. The molecule has 110 valence electrons. The second kappa shape index (κ2) is 5.45. The van der Waals surface area contributed by atoms with Crippen molar-refractivity contribution < 1.29 is 31.8 Å². The standard InChI is InChI=1S/C12H12F2O5S/c13-9-4-7(12(15)16)5-10(11(9)14)20(17,18)8-2-1-3-19-6-8/h4-5,8H,1-3,6H2,(H,15,16). The maximum atomic E-state index is 13.7. The van der Waals surface area contributed by atoms with Crippen molar-refractivity contribution in [3.63, 3.8) is 0 Å². The zero-order chi connectivity index (χ0) is 14.9. The van der Waals surface area contributed by atoms with E-state index in [0.717, 1.165) is 0 Å². The lowest BCUT2D eigenvalue weighted by atomic mass is 10.2. The second-order valence-corrected chi connectivity index (χ2v) is 6.66. The number of hydrogen-bond acceptors (Lipinski definition) is 4. The Morgan fingerprint density at radius 1 is 1.35 bits per heavy atom. The molecule has 0 amide bonds. The van der Waals surface area contributed by atoms with E-state index in [9.17, 15) is 22.0 Å². The van der Waals surface area contributed by atoms with E-state index in [0.29, 0.717) is 25.2 Å². The molecule has 1 unspecified atom stereocenters. The normalized spacial score (nSPS) is 19.8. The van der Waals surface area contributed by atoms with E-state index in [1.807, 2.05) is 0 Å². The summed E-state index contributed by atoms with van der Waals surface area (Å²) < 4.78 is 56.6. The maximum Gasteiger partial charge on any atom is 0.335 e. The van der Waals surface area contributed by atoms with Crippen LogP contribution in [0.15, 0.2) is 17.0 Å². The molecule has 1 aromatic rings. The van der Waals surface area contributed by atoms with Crippen molar-refractivity contribution in [1.29, 1.82) is 0 Å². The van der Waals surface area contributed by atoms with Crippen LogP contribution in [0.3, 0.4) is 0 Å². The first-order valence-electron chi connectivity index (χ1n) is 5.88. The van der Waals surface area contributed by atoms with Crippen LogP contribution in [-0.2, 0) is 14.6 Å². The monoisotopic (exact) mass is 306 g/mol. The van der Waals surface area contributed by atoms with Gasteiger partial charge >= 0.3 is 5.97 Å². The van der Waals surface area contributed by atoms with Gasteiger partial charge in [-0.25, -0.2) is 22.0 Å². The van der Waals surface area contributed by atoms with Crippen molar-refractivity contribution in [2.45, 2.75) is 23.0 Å². The third-order valence-electron chi connectivity index (χ3n) is 3.11. The predicted octanol–water partition coefficient (Wildman–Crippen LogP) is 1.62. The van der Waals surface area contributed by atoms with Crippen LogP contribution < -0.4 is 0 Å². The Labute approximate surface area is 114 Å². The minimum absolute atomic E-state index is 0.110. The van der Waals surface area contributed by atoms with E-state index < -0.39 is 43.1 Å². The molecule has 1 heterocycles. The van der Waals surface area contributed by atoms with Crippen LogP contribution in [0.5, 0.6) is 0 Å². The molecule has 0 saturated carbocycles. The highest BCUT2D eigenvalue weighted by atomic mass is 32.2. The molecule has 1 atom stereocenters. The van der Waals surface area contributed by atoms with E-state index in [2.05, 4.69) is 0 Å². The molecule has 1 N–H and O–H groups in total. The maximum absolute atomic E-state index is 13.7. The molecule has 0 spiro atoms. The van der Waals surface area contributed by atoms with Gasteiger partial charge in [-0.2, -0.15) is 0 Å². The van der Waals surface area contributed by atoms with Crippen LogP contribution in [0.2, 0.25) is 0 Å². The first-order chi connectivity index (χ1) is 9.34. The van der Waals surface area contributed by atoms with E-state index >= 15 is 0 Å². The van der Waals surface area contributed by atoms with Gasteiger partial charge in [0.1, 0.15) is 4.90 Å². The molecular weight excluding hydrogens is 294 g/mol. The summed E-state index contributed by atoms with van der Waals surface area (Å²) in [6.45, 7) is 0.304. The molecule has 1 aromatic carbocycles. The Bertz CT molecular complexity index is 635. The van der Waals surface area contributed by atoms with Gasteiger partial charge in [0.15, 0.2) is 21.5 Å². The van der Waals surface area contributed by atoms with Crippen LogP contribution in [0.25, 0.3) is 0 Å². The zero-order valence-electron chi connectivity index (χ0n) is 10.3. The molecule has 8 heteroatoms. The molecule has 2 rings (SSSR count). The van der Waals surface area contributed by atoms with Gasteiger partial charge in [0.05, 0.1) is 17.4 Å². The Kier molecular flexibility index (Phi) is 4.05. The summed E-state index contributed by atoms with van der Waals surface area (Å²) in [4.78, 5) is 9.89. The number of benzene rings is 1. The Morgan fingerprint density at radius 2 is 2.05 bits per heavy atom. The molecule has 20 heavy (non-hydrogen) atoms. The number of rotatable bonds is 3. The molecule has 1 aliphatic heterocycles. The van der Waals surface area contributed by atoms with Gasteiger partial charge < -0.3 is 9.84 Å². The largest absolute Gasteiger partial charge is 0.478 e. The molecule has 1 fully saturated rings. The first kappa shape index (κ1) is 14.9. The number of carboxylic acids is 1. The van der Waals surface area contributed by atoms with Gasteiger partial charge in [-0.05, 0) is 25.0 Å². The van der Waals surface area contributed by atoms with Crippen molar-refractivity contribution in [2.75, 3.05) is 13.2 Å². The summed E-state index contributed by atoms with van der Waals surface area (Å²) in [5, 5.41) is 7.80. The Hall–Kier alpha value is -1.54. The fourth-order valence-electron chi connectivity index (χ4n) is 2.03. The number of ether oxygens (including phenoxy) is 1. The third-order valence-corrected chi connectivity index (χ3v) is 5.27. The zero-order valence-corrected chi connectivity index (χ0v) is 11.1. The van der Waals surface area contributed by atoms with E-state index in [1.165, 1.54) is 0 Å². The van der Waals surface area contributed by atoms with Gasteiger partial charge in [-0.1, -0.05) is 0 Å². The van der Waals surface area contributed by atoms with E-state index in [-0.39, 0.29) is 13.0 Å². The van der Waals surface area contributed by atoms with Crippen molar-refractivity contribution in [2.24, 2.45) is 0 Å². The number of hydrogen-bond donors (Lipinski definition) is 1. The number of aromatic carboxylic acids is 1.